The molecule has 1 aliphatic heterocycles. The van der Waals surface area contributed by atoms with Gasteiger partial charge in [-0.1, -0.05) is 41.4 Å². The number of hydrogen-bond acceptors (Lipinski definition) is 6. The van der Waals surface area contributed by atoms with Crippen LogP contribution in [0.5, 0.6) is 5.75 Å². The summed E-state index contributed by atoms with van der Waals surface area (Å²) in [5.74, 6) is -0.706. The molecule has 0 fully saturated rings. The number of ether oxygens (including phenoxy) is 2. The molecule has 0 bridgehead atoms. The Hall–Kier alpha value is -5.62. The number of carboxylic acids is 1. The van der Waals surface area contributed by atoms with Crippen molar-refractivity contribution in [3.05, 3.63) is 128 Å². The number of rotatable bonds is 12. The van der Waals surface area contributed by atoms with Crippen LogP contribution in [0.4, 0.5) is 5.69 Å². The number of anilines is 1. The Kier molecular flexibility index (Phi) is 10.8. The summed E-state index contributed by atoms with van der Waals surface area (Å²) in [5.41, 5.74) is 10.2. The van der Waals surface area contributed by atoms with Crippen molar-refractivity contribution in [1.29, 1.82) is 0 Å². The first-order valence-corrected chi connectivity index (χ1v) is 20.4. The first kappa shape index (κ1) is 40.2. The number of benzene rings is 3. The summed E-state index contributed by atoms with van der Waals surface area (Å²) in [7, 11) is 3.53. The molecule has 1 atom stereocenters. The molecule has 3 aromatic carbocycles. The molecule has 11 nitrogen and oxygen atoms in total. The second-order valence-corrected chi connectivity index (χ2v) is 16.3. The molecule has 0 aliphatic carbocycles. The van der Waals surface area contributed by atoms with Crippen LogP contribution in [-0.4, -0.2) is 61.1 Å². The average molecular weight is 834 g/mol. The standard InChI is InChI=1S/C46H46Cl2N6O5/c1-25-19-32(20-26(2)40(25)48)59-18-10-12-33-34-14-15-36(47)39(38-28(4)50-51(6)29(38)5)41(34)54-27(3)22-53(45(55)43(33)54)42-35-21-30(24-58-7)13-16-37(35)52(44(42)46(56)57)23-31-11-8-9-17-49-31/h8-9,11,13-17,19-21,27H,10,12,18,22-24H2,1-7H3,(H,56,57)/t27-/m1/s1. The van der Waals surface area contributed by atoms with Crippen molar-refractivity contribution < 1.29 is 24.2 Å². The zero-order valence-electron chi connectivity index (χ0n) is 34.2. The van der Waals surface area contributed by atoms with Gasteiger partial charge in [0, 0.05) is 65.6 Å². The molecule has 59 heavy (non-hydrogen) atoms. The molecular formula is C46H46Cl2N6O5. The number of fused-ring (bicyclic) bond motifs is 4. The lowest BCUT2D eigenvalue weighted by molar-refractivity contribution is 0.0687. The summed E-state index contributed by atoms with van der Waals surface area (Å²) in [6.45, 7) is 11.1. The number of aromatic nitrogens is 5. The lowest BCUT2D eigenvalue weighted by Crippen LogP contribution is -2.43. The molecule has 0 saturated heterocycles. The molecule has 0 radical (unpaired) electrons. The number of nitrogens with zero attached hydrogens (tertiary/aromatic N) is 6. The fourth-order valence-corrected chi connectivity index (χ4v) is 9.23. The molecule has 7 aromatic rings. The number of aryl methyl sites for hydroxylation is 5. The predicted molar refractivity (Wildman–Crippen MR) is 233 cm³/mol. The number of carbonyl (C=O) groups is 2. The van der Waals surface area contributed by atoms with Gasteiger partial charge in [-0.25, -0.2) is 4.79 Å². The number of hydrogen-bond donors (Lipinski definition) is 1. The zero-order valence-corrected chi connectivity index (χ0v) is 35.7. The highest BCUT2D eigenvalue weighted by Crippen LogP contribution is 2.46. The summed E-state index contributed by atoms with van der Waals surface area (Å²) >= 11 is 13.6. The smallest absolute Gasteiger partial charge is 0.354 e. The van der Waals surface area contributed by atoms with Gasteiger partial charge in [0.1, 0.15) is 11.4 Å². The minimum absolute atomic E-state index is 0.0131. The Bertz CT molecular complexity index is 2780. The molecule has 5 heterocycles. The SMILES string of the molecule is COCc1ccc2c(c1)c(N1C[C@@H](C)n3c(c(CCCOc4cc(C)c(Cl)c(C)c4)c4ccc(Cl)c(-c5c(C)nn(C)c5C)c43)C1=O)c(C(=O)O)n2Cc1ccccn1. The van der Waals surface area contributed by atoms with Crippen LogP contribution in [0, 0.1) is 27.7 Å². The Morgan fingerprint density at radius 1 is 0.983 bits per heavy atom. The van der Waals surface area contributed by atoms with Crippen molar-refractivity contribution in [2.24, 2.45) is 7.05 Å². The van der Waals surface area contributed by atoms with E-state index in [-0.39, 0.29) is 30.7 Å². The van der Waals surface area contributed by atoms with Gasteiger partial charge in [-0.05, 0) is 112 Å². The van der Waals surface area contributed by atoms with Crippen molar-refractivity contribution in [2.45, 2.75) is 66.7 Å². The van der Waals surface area contributed by atoms with Gasteiger partial charge < -0.3 is 28.6 Å². The fourth-order valence-electron chi connectivity index (χ4n) is 8.87. The van der Waals surface area contributed by atoms with Crippen molar-refractivity contribution in [3.8, 4) is 16.9 Å². The van der Waals surface area contributed by atoms with Gasteiger partial charge in [-0.2, -0.15) is 5.10 Å². The second kappa shape index (κ2) is 15.9. The van der Waals surface area contributed by atoms with Crippen LogP contribution in [0.1, 0.15) is 79.7 Å². The van der Waals surface area contributed by atoms with Crippen LogP contribution in [0.25, 0.3) is 32.9 Å². The molecule has 4 aromatic heterocycles. The van der Waals surface area contributed by atoms with E-state index in [4.69, 9.17) is 37.8 Å². The van der Waals surface area contributed by atoms with Gasteiger partial charge in [0.25, 0.3) is 5.91 Å². The molecule has 0 saturated carbocycles. The molecule has 0 spiro atoms. The second-order valence-electron chi connectivity index (χ2n) is 15.5. The monoisotopic (exact) mass is 832 g/mol. The van der Waals surface area contributed by atoms with E-state index in [9.17, 15) is 9.90 Å². The third-order valence-corrected chi connectivity index (χ3v) is 12.4. The molecule has 0 unspecified atom stereocenters. The summed E-state index contributed by atoms with van der Waals surface area (Å²) in [5, 5.41) is 18.6. The quantitative estimate of drug-likeness (QED) is 0.122. The molecule has 1 amide bonds. The lowest BCUT2D eigenvalue weighted by Gasteiger charge is -2.34. The number of pyridine rings is 1. The number of carboxylic acid groups (broad SMARTS) is 1. The summed E-state index contributed by atoms with van der Waals surface area (Å²) in [4.78, 5) is 35.2. The normalized spacial score (nSPS) is 14.2. The van der Waals surface area contributed by atoms with E-state index in [1.807, 2.05) is 100 Å². The molecule has 304 valence electrons. The number of carbonyl (C=O) groups excluding carboxylic acids is 1. The van der Waals surface area contributed by atoms with Crippen molar-refractivity contribution in [3.63, 3.8) is 0 Å². The minimum atomic E-state index is -1.14. The topological polar surface area (TPSA) is 117 Å². The lowest BCUT2D eigenvalue weighted by atomic mass is 9.98. The van der Waals surface area contributed by atoms with E-state index in [0.29, 0.717) is 59.1 Å². The Morgan fingerprint density at radius 3 is 2.41 bits per heavy atom. The van der Waals surface area contributed by atoms with Gasteiger partial charge in [-0.15, -0.1) is 0 Å². The van der Waals surface area contributed by atoms with Gasteiger partial charge in [0.2, 0.25) is 0 Å². The Morgan fingerprint density at radius 2 is 1.75 bits per heavy atom. The molecule has 13 heteroatoms. The van der Waals surface area contributed by atoms with E-state index in [1.54, 1.807) is 22.8 Å². The van der Waals surface area contributed by atoms with E-state index in [2.05, 4.69) is 16.5 Å². The summed E-state index contributed by atoms with van der Waals surface area (Å²) < 4.78 is 17.5. The van der Waals surface area contributed by atoms with E-state index >= 15 is 4.79 Å². The maximum absolute atomic E-state index is 15.6. The predicted octanol–water partition coefficient (Wildman–Crippen LogP) is 10.1. The van der Waals surface area contributed by atoms with Gasteiger partial charge >= 0.3 is 5.97 Å². The highest BCUT2D eigenvalue weighted by Gasteiger charge is 2.40. The Labute approximate surface area is 352 Å². The number of amides is 1. The maximum Gasteiger partial charge on any atom is 0.354 e. The largest absolute Gasteiger partial charge is 0.494 e. The highest BCUT2D eigenvalue weighted by molar-refractivity contribution is 6.35. The summed E-state index contributed by atoms with van der Waals surface area (Å²) in [6, 6.07) is 18.8. The van der Waals surface area contributed by atoms with Crippen LogP contribution in [-0.2, 0) is 31.4 Å². The third-order valence-electron chi connectivity index (χ3n) is 11.5. The highest BCUT2D eigenvalue weighted by atomic mass is 35.5. The van der Waals surface area contributed by atoms with Crippen molar-refractivity contribution >= 4 is 62.6 Å². The molecule has 1 N–H and O–H groups in total. The van der Waals surface area contributed by atoms with Crippen LogP contribution < -0.4 is 9.64 Å². The summed E-state index contributed by atoms with van der Waals surface area (Å²) in [6.07, 6.45) is 2.79. The minimum Gasteiger partial charge on any atom is -0.494 e. The van der Waals surface area contributed by atoms with Crippen LogP contribution in [0.3, 0.4) is 0 Å². The van der Waals surface area contributed by atoms with Gasteiger partial charge in [0.15, 0.2) is 5.69 Å². The first-order chi connectivity index (χ1) is 28.3. The molecule has 1 aliphatic rings. The van der Waals surface area contributed by atoms with E-state index in [1.165, 1.54) is 0 Å². The Balaban J connectivity index is 1.32. The number of aromatic carboxylic acids is 1. The maximum atomic E-state index is 15.6. The number of methoxy groups -OCH3 is 1. The fraction of sp³-hybridized carbons (Fsp3) is 0.304. The third kappa shape index (κ3) is 6.94. The van der Waals surface area contributed by atoms with Gasteiger partial charge in [-0.3, -0.25) is 14.5 Å². The van der Waals surface area contributed by atoms with E-state index in [0.717, 1.165) is 66.4 Å². The van der Waals surface area contributed by atoms with Crippen molar-refractivity contribution in [1.82, 2.24) is 23.9 Å². The van der Waals surface area contributed by atoms with E-state index < -0.39 is 5.97 Å². The zero-order chi connectivity index (χ0) is 41.9. The van der Waals surface area contributed by atoms with Gasteiger partial charge in [0.05, 0.1) is 52.9 Å². The first-order valence-electron chi connectivity index (χ1n) is 19.6. The average Bonchev–Trinajstić information content (AvgIpc) is 3.80. The molecule has 8 rings (SSSR count). The number of halogens is 2. The molecular weight excluding hydrogens is 787 g/mol. The van der Waals surface area contributed by atoms with Crippen molar-refractivity contribution in [2.75, 3.05) is 25.2 Å². The van der Waals surface area contributed by atoms with Crippen LogP contribution >= 0.6 is 23.2 Å². The van der Waals surface area contributed by atoms with Crippen LogP contribution in [0.15, 0.2) is 66.9 Å². The van der Waals surface area contributed by atoms with Crippen LogP contribution in [0.2, 0.25) is 10.0 Å².